The average Bonchev–Trinajstić information content (AvgIpc) is 3.20. The molecule has 0 heterocycles. The maximum Gasteiger partial charge on any atom is 0.191 e. The van der Waals surface area contributed by atoms with E-state index in [0.717, 1.165) is 18.3 Å². The first-order valence-corrected chi connectivity index (χ1v) is 7.52. The van der Waals surface area contributed by atoms with E-state index in [1.54, 1.807) is 0 Å². The van der Waals surface area contributed by atoms with Gasteiger partial charge in [-0.25, -0.2) is 4.99 Å². The Morgan fingerprint density at radius 1 is 1.48 bits per heavy atom. The molecule has 1 atom stereocenters. The van der Waals surface area contributed by atoms with Crippen LogP contribution in [0.15, 0.2) is 29.3 Å². The first-order chi connectivity index (χ1) is 9.67. The van der Waals surface area contributed by atoms with Gasteiger partial charge in [0, 0.05) is 17.6 Å². The maximum atomic E-state index is 5.93. The number of aliphatic imine (C=N–C) groups is 1. The van der Waals surface area contributed by atoms with Crippen molar-refractivity contribution in [3.05, 3.63) is 29.3 Å². The van der Waals surface area contributed by atoms with Crippen molar-refractivity contribution in [1.82, 2.24) is 10.6 Å². The number of rotatable bonds is 6. The van der Waals surface area contributed by atoms with Crippen LogP contribution in [0.3, 0.4) is 0 Å². The summed E-state index contributed by atoms with van der Waals surface area (Å²) in [7, 11) is 0. The number of hydrogen-bond acceptors (Lipinski definition) is 2. The molecule has 118 valence electrons. The highest BCUT2D eigenvalue weighted by atomic mass is 127. The normalized spacial score (nSPS) is 15.9. The molecule has 6 heteroatoms. The van der Waals surface area contributed by atoms with Crippen molar-refractivity contribution in [2.24, 2.45) is 4.99 Å². The predicted octanol–water partition coefficient (Wildman–Crippen LogP) is 3.44. The molecule has 1 unspecified atom stereocenters. The first-order valence-electron chi connectivity index (χ1n) is 7.14. The molecule has 0 aliphatic heterocycles. The standard InChI is InChI=1S/C15H22ClN3O.HI/c1-3-17-15(19-13-7-8-13)18-10-11(2)20-14-6-4-5-12(16)9-14;/h4-6,9,11,13H,3,7-8,10H2,1-2H3,(H2,17,18,19);1H. The summed E-state index contributed by atoms with van der Waals surface area (Å²) in [6.45, 7) is 5.54. The minimum atomic E-state index is 0. The Morgan fingerprint density at radius 2 is 2.24 bits per heavy atom. The van der Waals surface area contributed by atoms with Crippen LogP contribution in [0, 0.1) is 0 Å². The van der Waals surface area contributed by atoms with Crippen LogP contribution >= 0.6 is 35.6 Å². The fourth-order valence-electron chi connectivity index (χ4n) is 1.77. The van der Waals surface area contributed by atoms with Crippen molar-refractivity contribution in [2.45, 2.75) is 38.8 Å². The largest absolute Gasteiger partial charge is 0.489 e. The summed E-state index contributed by atoms with van der Waals surface area (Å²) in [6.07, 6.45) is 2.47. The van der Waals surface area contributed by atoms with Crippen LogP contribution in [-0.2, 0) is 0 Å². The molecule has 0 radical (unpaired) electrons. The van der Waals surface area contributed by atoms with Crippen molar-refractivity contribution in [2.75, 3.05) is 13.1 Å². The Bertz CT molecular complexity index is 466. The maximum absolute atomic E-state index is 5.93. The molecule has 21 heavy (non-hydrogen) atoms. The molecule has 0 spiro atoms. The topological polar surface area (TPSA) is 45.7 Å². The molecule has 0 aromatic heterocycles. The predicted molar refractivity (Wildman–Crippen MR) is 99.1 cm³/mol. The summed E-state index contributed by atoms with van der Waals surface area (Å²) in [4.78, 5) is 4.55. The molecule has 1 saturated carbocycles. The number of hydrogen-bond donors (Lipinski definition) is 2. The van der Waals surface area contributed by atoms with Crippen LogP contribution in [-0.4, -0.2) is 31.2 Å². The Labute approximate surface area is 148 Å². The average molecular weight is 424 g/mol. The lowest BCUT2D eigenvalue weighted by Gasteiger charge is -2.15. The van der Waals surface area contributed by atoms with E-state index in [1.165, 1.54) is 12.8 Å². The second-order valence-corrected chi connectivity index (χ2v) is 5.46. The highest BCUT2D eigenvalue weighted by Gasteiger charge is 2.22. The molecule has 0 bridgehead atoms. The van der Waals surface area contributed by atoms with E-state index in [2.05, 4.69) is 22.5 Å². The van der Waals surface area contributed by atoms with Crippen molar-refractivity contribution < 1.29 is 4.74 Å². The molecule has 2 rings (SSSR count). The van der Waals surface area contributed by atoms with Crippen molar-refractivity contribution in [1.29, 1.82) is 0 Å². The SMILES string of the molecule is CCNC(=NCC(C)Oc1cccc(Cl)c1)NC1CC1.I. The van der Waals surface area contributed by atoms with E-state index in [4.69, 9.17) is 16.3 Å². The Balaban J connectivity index is 0.00000220. The summed E-state index contributed by atoms with van der Waals surface area (Å²) in [5.74, 6) is 1.65. The van der Waals surface area contributed by atoms with Crippen LogP contribution < -0.4 is 15.4 Å². The number of nitrogens with one attached hydrogen (secondary N) is 2. The van der Waals surface area contributed by atoms with E-state index in [0.29, 0.717) is 17.6 Å². The summed E-state index contributed by atoms with van der Waals surface area (Å²) in [5, 5.41) is 7.31. The highest BCUT2D eigenvalue weighted by Crippen LogP contribution is 2.19. The Morgan fingerprint density at radius 3 is 2.86 bits per heavy atom. The van der Waals surface area contributed by atoms with Crippen molar-refractivity contribution >= 4 is 41.5 Å². The quantitative estimate of drug-likeness (QED) is 0.418. The molecule has 4 nitrogen and oxygen atoms in total. The monoisotopic (exact) mass is 423 g/mol. The lowest BCUT2D eigenvalue weighted by atomic mass is 10.3. The zero-order chi connectivity index (χ0) is 14.4. The number of benzene rings is 1. The first kappa shape index (κ1) is 18.4. The molecule has 1 aliphatic carbocycles. The molecular weight excluding hydrogens is 401 g/mol. The van der Waals surface area contributed by atoms with Gasteiger partial charge in [-0.05, 0) is 44.9 Å². The number of guanidine groups is 1. The number of ether oxygens (including phenoxy) is 1. The van der Waals surface area contributed by atoms with Gasteiger partial charge in [-0.2, -0.15) is 0 Å². The smallest absolute Gasteiger partial charge is 0.191 e. The molecule has 1 fully saturated rings. The van der Waals surface area contributed by atoms with E-state index >= 15 is 0 Å². The minimum absolute atomic E-state index is 0. The minimum Gasteiger partial charge on any atom is -0.489 e. The molecule has 0 saturated heterocycles. The summed E-state index contributed by atoms with van der Waals surface area (Å²) in [6, 6.07) is 8.03. The third kappa shape index (κ3) is 7.22. The van der Waals surface area contributed by atoms with E-state index in [9.17, 15) is 0 Å². The van der Waals surface area contributed by atoms with Gasteiger partial charge in [0.25, 0.3) is 0 Å². The molecule has 1 aliphatic rings. The Hall–Kier alpha value is -0.690. The fraction of sp³-hybridized carbons (Fsp3) is 0.533. The number of halogens is 2. The van der Waals surface area contributed by atoms with Crippen molar-refractivity contribution in [3.8, 4) is 5.75 Å². The van der Waals surface area contributed by atoms with Crippen LogP contribution in [0.2, 0.25) is 5.02 Å². The Kier molecular flexibility index (Phi) is 8.18. The molecule has 0 amide bonds. The summed E-state index contributed by atoms with van der Waals surface area (Å²) in [5.41, 5.74) is 0. The van der Waals surface area contributed by atoms with Gasteiger partial charge in [0.2, 0.25) is 0 Å². The number of nitrogens with zero attached hydrogens (tertiary/aromatic N) is 1. The van der Waals surface area contributed by atoms with Gasteiger partial charge in [-0.3, -0.25) is 0 Å². The van der Waals surface area contributed by atoms with Crippen LogP contribution in [0.4, 0.5) is 0 Å². The zero-order valence-corrected chi connectivity index (χ0v) is 15.5. The van der Waals surface area contributed by atoms with Gasteiger partial charge in [0.05, 0.1) is 6.54 Å². The van der Waals surface area contributed by atoms with Gasteiger partial charge in [-0.1, -0.05) is 17.7 Å². The van der Waals surface area contributed by atoms with Crippen molar-refractivity contribution in [3.63, 3.8) is 0 Å². The van der Waals surface area contributed by atoms with Crippen LogP contribution in [0.25, 0.3) is 0 Å². The third-order valence-corrected chi connectivity index (χ3v) is 3.14. The van der Waals surface area contributed by atoms with Crippen LogP contribution in [0.1, 0.15) is 26.7 Å². The second-order valence-electron chi connectivity index (χ2n) is 5.02. The van der Waals surface area contributed by atoms with E-state index in [-0.39, 0.29) is 30.1 Å². The van der Waals surface area contributed by atoms with Crippen LogP contribution in [0.5, 0.6) is 5.75 Å². The fourth-order valence-corrected chi connectivity index (χ4v) is 1.95. The molecule has 2 N–H and O–H groups in total. The lowest BCUT2D eigenvalue weighted by Crippen LogP contribution is -2.39. The van der Waals surface area contributed by atoms with Gasteiger partial charge < -0.3 is 15.4 Å². The van der Waals surface area contributed by atoms with E-state index in [1.807, 2.05) is 31.2 Å². The highest BCUT2D eigenvalue weighted by molar-refractivity contribution is 14.0. The van der Waals surface area contributed by atoms with Gasteiger partial charge in [0.15, 0.2) is 5.96 Å². The second kappa shape index (κ2) is 9.35. The molecule has 1 aromatic rings. The van der Waals surface area contributed by atoms with Gasteiger partial charge >= 0.3 is 0 Å². The third-order valence-electron chi connectivity index (χ3n) is 2.90. The zero-order valence-electron chi connectivity index (χ0n) is 12.4. The summed E-state index contributed by atoms with van der Waals surface area (Å²) >= 11 is 5.93. The van der Waals surface area contributed by atoms with Gasteiger partial charge in [-0.15, -0.1) is 24.0 Å². The lowest BCUT2D eigenvalue weighted by molar-refractivity contribution is 0.230. The van der Waals surface area contributed by atoms with E-state index < -0.39 is 0 Å². The molecule has 1 aromatic carbocycles. The molecular formula is C15H23ClIN3O. The summed E-state index contributed by atoms with van der Waals surface area (Å²) < 4.78 is 5.80. The van der Waals surface area contributed by atoms with Gasteiger partial charge in [0.1, 0.15) is 11.9 Å².